The van der Waals surface area contributed by atoms with Crippen LogP contribution in [0.4, 0.5) is 0 Å². The van der Waals surface area contributed by atoms with Crippen LogP contribution in [0.25, 0.3) is 0 Å². The number of hydrogen-bond donors (Lipinski definition) is 1. The van der Waals surface area contributed by atoms with E-state index in [-0.39, 0.29) is 6.04 Å². The second-order valence-corrected chi connectivity index (χ2v) is 4.39. The molecule has 0 spiro atoms. The lowest BCUT2D eigenvalue weighted by atomic mass is 10.1. The number of ether oxygens (including phenoxy) is 1. The zero-order chi connectivity index (χ0) is 12.3. The van der Waals surface area contributed by atoms with Gasteiger partial charge in [0.05, 0.1) is 19.2 Å². The molecular formula is C12H16ClN3O. The Kier molecular flexibility index (Phi) is 3.86. The Balaban J connectivity index is 2.12. The summed E-state index contributed by atoms with van der Waals surface area (Å²) in [5, 5.41) is 0.740. The molecule has 1 atom stereocenters. The Morgan fingerprint density at radius 2 is 2.18 bits per heavy atom. The highest BCUT2D eigenvalue weighted by atomic mass is 35.5. The maximum absolute atomic E-state index is 5.88. The van der Waals surface area contributed by atoms with Gasteiger partial charge in [-0.3, -0.25) is 4.99 Å². The average molecular weight is 254 g/mol. The van der Waals surface area contributed by atoms with Crippen LogP contribution in [0.3, 0.4) is 0 Å². The minimum Gasteiger partial charge on any atom is -0.383 e. The van der Waals surface area contributed by atoms with Crippen LogP contribution in [-0.4, -0.2) is 37.7 Å². The third kappa shape index (κ3) is 2.70. The number of hydrogen-bond acceptors (Lipinski definition) is 4. The fraction of sp³-hybridized carbons (Fsp3) is 0.417. The Labute approximate surface area is 106 Å². The molecule has 92 valence electrons. The molecule has 0 radical (unpaired) electrons. The van der Waals surface area contributed by atoms with Gasteiger partial charge in [-0.05, 0) is 17.7 Å². The van der Waals surface area contributed by atoms with Gasteiger partial charge in [-0.25, -0.2) is 0 Å². The molecule has 4 nitrogen and oxygen atoms in total. The van der Waals surface area contributed by atoms with Crippen LogP contribution in [-0.2, 0) is 4.74 Å². The summed E-state index contributed by atoms with van der Waals surface area (Å²) in [4.78, 5) is 6.34. The molecule has 0 fully saturated rings. The van der Waals surface area contributed by atoms with Gasteiger partial charge < -0.3 is 15.4 Å². The summed E-state index contributed by atoms with van der Waals surface area (Å²) in [7, 11) is 1.68. The molecule has 0 saturated carbocycles. The van der Waals surface area contributed by atoms with E-state index >= 15 is 0 Å². The molecule has 2 N–H and O–H groups in total. The van der Waals surface area contributed by atoms with Crippen molar-refractivity contribution in [3.63, 3.8) is 0 Å². The standard InChI is InChI=1S/C12H16ClN3O/c1-17-7-6-16-11(8-15-12(16)14)9-2-4-10(13)5-3-9/h2-5,11H,6-8H2,1H3,(H2,14,15). The van der Waals surface area contributed by atoms with E-state index in [4.69, 9.17) is 22.1 Å². The minimum absolute atomic E-state index is 0.197. The quantitative estimate of drug-likeness (QED) is 0.888. The predicted molar refractivity (Wildman–Crippen MR) is 69.3 cm³/mol. The molecule has 0 aliphatic carbocycles. The highest BCUT2D eigenvalue weighted by Gasteiger charge is 2.26. The Bertz CT molecular complexity index is 405. The van der Waals surface area contributed by atoms with Gasteiger partial charge >= 0.3 is 0 Å². The molecule has 0 aromatic heterocycles. The number of benzene rings is 1. The fourth-order valence-corrected chi connectivity index (χ4v) is 2.09. The van der Waals surface area contributed by atoms with Crippen LogP contribution < -0.4 is 5.73 Å². The van der Waals surface area contributed by atoms with Gasteiger partial charge in [-0.2, -0.15) is 0 Å². The van der Waals surface area contributed by atoms with Crippen molar-refractivity contribution >= 4 is 17.6 Å². The highest BCUT2D eigenvalue weighted by Crippen LogP contribution is 2.26. The molecule has 1 aromatic rings. The summed E-state index contributed by atoms with van der Waals surface area (Å²) < 4.78 is 5.08. The summed E-state index contributed by atoms with van der Waals surface area (Å²) in [6.45, 7) is 2.08. The van der Waals surface area contributed by atoms with Crippen molar-refractivity contribution in [1.82, 2.24) is 4.90 Å². The van der Waals surface area contributed by atoms with E-state index < -0.39 is 0 Å². The van der Waals surface area contributed by atoms with Crippen molar-refractivity contribution in [2.24, 2.45) is 10.7 Å². The molecule has 5 heteroatoms. The number of rotatable bonds is 4. The first-order chi connectivity index (χ1) is 8.22. The summed E-state index contributed by atoms with van der Waals surface area (Å²) in [6, 6.07) is 8.00. The smallest absolute Gasteiger partial charge is 0.192 e. The van der Waals surface area contributed by atoms with Crippen LogP contribution in [0, 0.1) is 0 Å². The molecule has 0 amide bonds. The van der Waals surface area contributed by atoms with Gasteiger partial charge in [0.25, 0.3) is 0 Å². The van der Waals surface area contributed by atoms with Crippen molar-refractivity contribution in [3.8, 4) is 0 Å². The van der Waals surface area contributed by atoms with Gasteiger partial charge in [-0.15, -0.1) is 0 Å². The molecule has 0 bridgehead atoms. The summed E-state index contributed by atoms with van der Waals surface area (Å²) in [5.41, 5.74) is 7.05. The maximum atomic E-state index is 5.88. The monoisotopic (exact) mass is 253 g/mol. The largest absolute Gasteiger partial charge is 0.383 e. The molecule has 1 unspecified atom stereocenters. The average Bonchev–Trinajstić information content (AvgIpc) is 2.69. The molecule has 17 heavy (non-hydrogen) atoms. The SMILES string of the molecule is COCCN1C(N)=NCC1c1ccc(Cl)cc1. The van der Waals surface area contributed by atoms with E-state index in [9.17, 15) is 0 Å². The number of nitrogens with zero attached hydrogens (tertiary/aromatic N) is 2. The van der Waals surface area contributed by atoms with Crippen molar-refractivity contribution in [2.45, 2.75) is 6.04 Å². The Morgan fingerprint density at radius 3 is 2.82 bits per heavy atom. The third-order valence-corrected chi connectivity index (χ3v) is 3.14. The van der Waals surface area contributed by atoms with Crippen LogP contribution >= 0.6 is 11.6 Å². The minimum atomic E-state index is 0.197. The van der Waals surface area contributed by atoms with E-state index in [0.717, 1.165) is 11.6 Å². The first kappa shape index (κ1) is 12.2. The van der Waals surface area contributed by atoms with E-state index in [1.54, 1.807) is 7.11 Å². The number of halogens is 1. The zero-order valence-corrected chi connectivity index (χ0v) is 10.5. The lowest BCUT2D eigenvalue weighted by Gasteiger charge is -2.26. The number of guanidine groups is 1. The molecule has 0 saturated heterocycles. The van der Waals surface area contributed by atoms with Crippen molar-refractivity contribution in [3.05, 3.63) is 34.9 Å². The van der Waals surface area contributed by atoms with Gasteiger partial charge in [0, 0.05) is 18.7 Å². The topological polar surface area (TPSA) is 50.9 Å². The summed E-state index contributed by atoms with van der Waals surface area (Å²) >= 11 is 5.88. The fourth-order valence-electron chi connectivity index (χ4n) is 1.96. The van der Waals surface area contributed by atoms with Gasteiger partial charge in [0.15, 0.2) is 5.96 Å². The lowest BCUT2D eigenvalue weighted by molar-refractivity contribution is 0.166. The number of aliphatic imine (C=N–C) groups is 1. The molecule has 1 aliphatic rings. The summed E-state index contributed by atoms with van der Waals surface area (Å²) in [6.07, 6.45) is 0. The van der Waals surface area contributed by atoms with Crippen LogP contribution in [0.2, 0.25) is 5.02 Å². The van der Waals surface area contributed by atoms with E-state index in [2.05, 4.69) is 9.89 Å². The van der Waals surface area contributed by atoms with Gasteiger partial charge in [-0.1, -0.05) is 23.7 Å². The lowest BCUT2D eigenvalue weighted by Crippen LogP contribution is -2.38. The molecule has 1 aliphatic heterocycles. The third-order valence-electron chi connectivity index (χ3n) is 2.89. The van der Waals surface area contributed by atoms with Gasteiger partial charge in [0.2, 0.25) is 0 Å². The zero-order valence-electron chi connectivity index (χ0n) is 9.77. The van der Waals surface area contributed by atoms with Crippen molar-refractivity contribution < 1.29 is 4.74 Å². The van der Waals surface area contributed by atoms with E-state index in [1.807, 2.05) is 24.3 Å². The number of nitrogens with two attached hydrogens (primary N) is 1. The Hall–Kier alpha value is -1.26. The number of methoxy groups -OCH3 is 1. The second kappa shape index (κ2) is 5.38. The highest BCUT2D eigenvalue weighted by molar-refractivity contribution is 6.30. The van der Waals surface area contributed by atoms with Crippen molar-refractivity contribution in [1.29, 1.82) is 0 Å². The molecular weight excluding hydrogens is 238 g/mol. The molecule has 2 rings (SSSR count). The van der Waals surface area contributed by atoms with Crippen LogP contribution in [0.15, 0.2) is 29.3 Å². The first-order valence-electron chi connectivity index (χ1n) is 5.53. The Morgan fingerprint density at radius 1 is 1.47 bits per heavy atom. The van der Waals surface area contributed by atoms with Crippen LogP contribution in [0.5, 0.6) is 0 Å². The van der Waals surface area contributed by atoms with E-state index in [0.29, 0.717) is 19.1 Å². The maximum Gasteiger partial charge on any atom is 0.192 e. The first-order valence-corrected chi connectivity index (χ1v) is 5.91. The molecule has 1 aromatic carbocycles. The van der Waals surface area contributed by atoms with Crippen LogP contribution in [0.1, 0.15) is 11.6 Å². The molecule has 1 heterocycles. The predicted octanol–water partition coefficient (Wildman–Crippen LogP) is 1.66. The normalized spacial score (nSPS) is 19.5. The van der Waals surface area contributed by atoms with Crippen molar-refractivity contribution in [2.75, 3.05) is 26.8 Å². The van der Waals surface area contributed by atoms with E-state index in [1.165, 1.54) is 5.56 Å². The summed E-state index contributed by atoms with van der Waals surface area (Å²) in [5.74, 6) is 0.585. The van der Waals surface area contributed by atoms with Gasteiger partial charge in [0.1, 0.15) is 0 Å². The second-order valence-electron chi connectivity index (χ2n) is 3.95.